The van der Waals surface area contributed by atoms with Crippen molar-refractivity contribution in [1.29, 1.82) is 0 Å². The van der Waals surface area contributed by atoms with E-state index in [0.717, 1.165) is 0 Å². The molecule has 0 aliphatic carbocycles. The average molecular weight is 282 g/mol. The Labute approximate surface area is 114 Å². The van der Waals surface area contributed by atoms with Gasteiger partial charge in [0.05, 0.1) is 26.2 Å². The Morgan fingerprint density at radius 1 is 1.32 bits per heavy atom. The number of benzene rings is 1. The predicted octanol–water partition coefficient (Wildman–Crippen LogP) is 2.18. The van der Waals surface area contributed by atoms with E-state index >= 15 is 0 Å². The molecule has 0 saturated carbocycles. The summed E-state index contributed by atoms with van der Waals surface area (Å²) in [7, 11) is 3.10. The van der Waals surface area contributed by atoms with Gasteiger partial charge >= 0.3 is 0 Å². The molecule has 0 aliphatic rings. The number of H-pyrrole nitrogens is 1. The quantitative estimate of drug-likeness (QED) is 0.898. The molecular formula is C12H12ClN3O3. The summed E-state index contributed by atoms with van der Waals surface area (Å²) < 4.78 is 10.3. The van der Waals surface area contributed by atoms with Crippen molar-refractivity contribution in [3.8, 4) is 11.5 Å². The number of nitrogens with zero attached hydrogens (tertiary/aromatic N) is 1. The Hall–Kier alpha value is -2.21. The highest BCUT2D eigenvalue weighted by Crippen LogP contribution is 2.31. The molecule has 0 bridgehead atoms. The number of anilines is 2. The maximum absolute atomic E-state index is 11.4. The zero-order chi connectivity index (χ0) is 13.8. The summed E-state index contributed by atoms with van der Waals surface area (Å²) in [4.78, 5) is 17.7. The third kappa shape index (κ3) is 2.79. The summed E-state index contributed by atoms with van der Waals surface area (Å²) in [6.07, 6.45) is 1.27. The van der Waals surface area contributed by atoms with Crippen LogP contribution in [0.2, 0.25) is 5.02 Å². The van der Waals surface area contributed by atoms with Crippen LogP contribution in [0.25, 0.3) is 0 Å². The first-order valence-electron chi connectivity index (χ1n) is 5.38. The van der Waals surface area contributed by atoms with Crippen LogP contribution in [0.15, 0.2) is 29.3 Å². The number of hydrogen-bond acceptors (Lipinski definition) is 5. The van der Waals surface area contributed by atoms with Gasteiger partial charge in [0, 0.05) is 6.07 Å². The first kappa shape index (κ1) is 13.2. The van der Waals surface area contributed by atoms with Crippen LogP contribution in [-0.2, 0) is 0 Å². The van der Waals surface area contributed by atoms with Crippen LogP contribution in [-0.4, -0.2) is 24.2 Å². The highest BCUT2D eigenvalue weighted by atomic mass is 35.5. The average Bonchev–Trinajstić information content (AvgIpc) is 2.43. The van der Waals surface area contributed by atoms with Gasteiger partial charge in [0.1, 0.15) is 16.5 Å². The number of hydrogen-bond donors (Lipinski definition) is 2. The minimum absolute atomic E-state index is 0.0210. The van der Waals surface area contributed by atoms with Gasteiger partial charge in [-0.3, -0.25) is 4.79 Å². The van der Waals surface area contributed by atoms with Gasteiger partial charge in [0.2, 0.25) is 0 Å². The van der Waals surface area contributed by atoms with Crippen LogP contribution < -0.4 is 20.3 Å². The molecule has 2 rings (SSSR count). The molecule has 0 fully saturated rings. The number of ether oxygens (including phenoxy) is 2. The second-order valence-electron chi connectivity index (χ2n) is 3.59. The van der Waals surface area contributed by atoms with Gasteiger partial charge in [0.25, 0.3) is 5.56 Å². The number of nitrogens with one attached hydrogen (secondary N) is 2. The van der Waals surface area contributed by atoms with Gasteiger partial charge in [-0.05, 0) is 12.1 Å². The van der Waals surface area contributed by atoms with Gasteiger partial charge in [-0.1, -0.05) is 11.6 Å². The predicted molar refractivity (Wildman–Crippen MR) is 72.7 cm³/mol. The maximum atomic E-state index is 11.4. The van der Waals surface area contributed by atoms with Crippen molar-refractivity contribution in [1.82, 2.24) is 9.97 Å². The third-order valence-electron chi connectivity index (χ3n) is 2.46. The second kappa shape index (κ2) is 5.62. The Kier molecular flexibility index (Phi) is 3.91. The lowest BCUT2D eigenvalue weighted by atomic mass is 10.2. The minimum Gasteiger partial charge on any atom is -0.497 e. The van der Waals surface area contributed by atoms with Crippen LogP contribution in [0.3, 0.4) is 0 Å². The van der Waals surface area contributed by atoms with E-state index < -0.39 is 5.56 Å². The summed E-state index contributed by atoms with van der Waals surface area (Å²) in [5.41, 5.74) is 0.183. The van der Waals surface area contributed by atoms with E-state index in [9.17, 15) is 4.79 Å². The molecule has 6 nitrogen and oxygen atoms in total. The Morgan fingerprint density at radius 3 is 2.79 bits per heavy atom. The van der Waals surface area contributed by atoms with Crippen molar-refractivity contribution in [2.45, 2.75) is 0 Å². The van der Waals surface area contributed by atoms with Crippen LogP contribution in [0.5, 0.6) is 11.5 Å². The van der Waals surface area contributed by atoms with Crippen molar-refractivity contribution in [2.75, 3.05) is 19.5 Å². The van der Waals surface area contributed by atoms with E-state index in [1.807, 2.05) is 0 Å². The molecule has 0 amide bonds. The topological polar surface area (TPSA) is 76.2 Å². The van der Waals surface area contributed by atoms with Gasteiger partial charge in [-0.25, -0.2) is 4.98 Å². The molecule has 0 aliphatic heterocycles. The smallest absolute Gasteiger partial charge is 0.271 e. The van der Waals surface area contributed by atoms with Gasteiger partial charge in [-0.15, -0.1) is 0 Å². The molecule has 19 heavy (non-hydrogen) atoms. The van der Waals surface area contributed by atoms with Gasteiger partial charge < -0.3 is 19.8 Å². The van der Waals surface area contributed by atoms with Crippen molar-refractivity contribution in [2.24, 2.45) is 0 Å². The number of halogens is 1. The van der Waals surface area contributed by atoms with Crippen molar-refractivity contribution >= 4 is 23.1 Å². The summed E-state index contributed by atoms with van der Waals surface area (Å²) in [6.45, 7) is 0. The first-order valence-corrected chi connectivity index (χ1v) is 5.75. The summed E-state index contributed by atoms with van der Waals surface area (Å²) in [5.74, 6) is 1.47. The molecule has 0 unspecified atom stereocenters. The molecule has 0 saturated heterocycles. The molecule has 100 valence electrons. The number of aromatic amines is 1. The lowest BCUT2D eigenvalue weighted by Crippen LogP contribution is -2.10. The molecule has 2 aromatic rings. The normalized spacial score (nSPS) is 10.1. The highest BCUT2D eigenvalue weighted by Gasteiger charge is 2.10. The number of methoxy groups -OCH3 is 2. The van der Waals surface area contributed by atoms with E-state index in [1.54, 1.807) is 32.4 Å². The summed E-state index contributed by atoms with van der Waals surface area (Å²) in [5, 5.41) is 2.92. The molecule has 0 spiro atoms. The Morgan fingerprint density at radius 2 is 2.11 bits per heavy atom. The zero-order valence-electron chi connectivity index (χ0n) is 10.4. The van der Waals surface area contributed by atoms with E-state index in [4.69, 9.17) is 21.1 Å². The summed E-state index contributed by atoms with van der Waals surface area (Å²) in [6, 6.07) is 5.22. The molecule has 1 aromatic heterocycles. The first-order chi connectivity index (χ1) is 9.15. The molecule has 2 N–H and O–H groups in total. The van der Waals surface area contributed by atoms with Crippen molar-refractivity contribution in [3.05, 3.63) is 39.9 Å². The van der Waals surface area contributed by atoms with E-state index in [-0.39, 0.29) is 10.8 Å². The molecule has 1 aromatic carbocycles. The molecular weight excluding hydrogens is 270 g/mol. The van der Waals surface area contributed by atoms with Crippen LogP contribution in [0.1, 0.15) is 0 Å². The molecule has 0 radical (unpaired) electrons. The monoisotopic (exact) mass is 281 g/mol. The lowest BCUT2D eigenvalue weighted by Gasteiger charge is -2.12. The minimum atomic E-state index is -0.416. The number of aromatic nitrogens is 2. The van der Waals surface area contributed by atoms with Crippen molar-refractivity contribution in [3.63, 3.8) is 0 Å². The molecule has 7 heteroatoms. The number of rotatable bonds is 4. The molecule has 0 atom stereocenters. The highest BCUT2D eigenvalue weighted by molar-refractivity contribution is 6.32. The Balaban J connectivity index is 2.42. The third-order valence-corrected chi connectivity index (χ3v) is 2.81. The van der Waals surface area contributed by atoms with Crippen molar-refractivity contribution < 1.29 is 9.47 Å². The fraction of sp³-hybridized carbons (Fsp3) is 0.167. The maximum Gasteiger partial charge on any atom is 0.271 e. The fourth-order valence-corrected chi connectivity index (χ4v) is 1.66. The fourth-order valence-electron chi connectivity index (χ4n) is 1.51. The van der Waals surface area contributed by atoms with E-state index in [1.165, 1.54) is 6.33 Å². The standard InChI is InChI=1S/C12H12ClN3O3/c1-18-7-3-4-9(19-2)8(5-7)16-11-10(13)12(17)15-6-14-11/h3-6H,1-2H3,(H2,14,15,16,17). The molecule has 1 heterocycles. The van der Waals surface area contributed by atoms with E-state index in [0.29, 0.717) is 17.2 Å². The van der Waals surface area contributed by atoms with Crippen LogP contribution in [0.4, 0.5) is 11.5 Å². The van der Waals surface area contributed by atoms with Gasteiger partial charge in [0.15, 0.2) is 5.82 Å². The second-order valence-corrected chi connectivity index (χ2v) is 3.96. The Bertz CT molecular complexity index is 642. The van der Waals surface area contributed by atoms with E-state index in [2.05, 4.69) is 15.3 Å². The lowest BCUT2D eigenvalue weighted by molar-refractivity contribution is 0.405. The zero-order valence-corrected chi connectivity index (χ0v) is 11.1. The van der Waals surface area contributed by atoms with Crippen LogP contribution >= 0.6 is 11.6 Å². The SMILES string of the molecule is COc1ccc(OC)c(Nc2nc[nH]c(=O)c2Cl)c1. The van der Waals surface area contributed by atoms with Gasteiger partial charge in [-0.2, -0.15) is 0 Å². The largest absolute Gasteiger partial charge is 0.497 e. The van der Waals surface area contributed by atoms with Crippen LogP contribution in [0, 0.1) is 0 Å². The summed E-state index contributed by atoms with van der Waals surface area (Å²) >= 11 is 5.87.